The number of rotatable bonds is 3. The van der Waals surface area contributed by atoms with Gasteiger partial charge in [0, 0.05) is 19.3 Å². The molecule has 0 aliphatic carbocycles. The molecular formula is C13H23N3. The van der Waals surface area contributed by atoms with Crippen LogP contribution in [0.15, 0.2) is 22.8 Å². The molecule has 0 aromatic rings. The topological polar surface area (TPSA) is 28.0 Å². The summed E-state index contributed by atoms with van der Waals surface area (Å²) in [5, 5.41) is 0. The molecule has 1 rings (SSSR count). The van der Waals surface area contributed by atoms with E-state index in [0.717, 1.165) is 30.9 Å². The molecule has 0 unspecified atom stereocenters. The van der Waals surface area contributed by atoms with Crippen LogP contribution < -0.4 is 0 Å². The molecule has 0 saturated carbocycles. The average molecular weight is 221 g/mol. The van der Waals surface area contributed by atoms with Crippen molar-refractivity contribution in [3.8, 4) is 0 Å². The molecule has 0 aromatic carbocycles. The number of piperidine rings is 1. The van der Waals surface area contributed by atoms with E-state index in [-0.39, 0.29) is 0 Å². The zero-order valence-electron chi connectivity index (χ0n) is 10.5. The fraction of sp³-hybridized carbons (Fsp3) is 0.692. The summed E-state index contributed by atoms with van der Waals surface area (Å²) in [6, 6.07) is 0. The molecule has 1 aliphatic rings. The Morgan fingerprint density at radius 2 is 2.06 bits per heavy atom. The fourth-order valence-electron chi connectivity index (χ4n) is 2.34. The monoisotopic (exact) mass is 221 g/mol. The molecule has 3 heteroatoms. The van der Waals surface area contributed by atoms with Gasteiger partial charge in [-0.25, -0.2) is 9.98 Å². The highest BCUT2D eigenvalue weighted by molar-refractivity contribution is 5.84. The maximum Gasteiger partial charge on any atom is 0.224 e. The SMILES string of the molecule is C=CN=C(N=C)N1CCC(CC(C)C)CC1. The number of aliphatic imine (C=N–C) groups is 2. The molecule has 0 bridgehead atoms. The van der Waals surface area contributed by atoms with Crippen LogP contribution in [0.5, 0.6) is 0 Å². The summed E-state index contributed by atoms with van der Waals surface area (Å²) in [4.78, 5) is 10.3. The second-order valence-electron chi connectivity index (χ2n) is 4.83. The van der Waals surface area contributed by atoms with Gasteiger partial charge in [0.05, 0.1) is 0 Å². The summed E-state index contributed by atoms with van der Waals surface area (Å²) in [6.45, 7) is 13.8. The van der Waals surface area contributed by atoms with Gasteiger partial charge >= 0.3 is 0 Å². The first kappa shape index (κ1) is 12.9. The van der Waals surface area contributed by atoms with E-state index in [1.54, 1.807) is 0 Å². The van der Waals surface area contributed by atoms with Gasteiger partial charge in [-0.05, 0) is 37.8 Å². The van der Waals surface area contributed by atoms with Crippen LogP contribution in [0.4, 0.5) is 0 Å². The van der Waals surface area contributed by atoms with Crippen molar-refractivity contribution in [1.29, 1.82) is 0 Å². The second kappa shape index (κ2) is 6.46. The van der Waals surface area contributed by atoms with Crippen molar-refractivity contribution < 1.29 is 0 Å². The Hall–Kier alpha value is -1.12. The molecular weight excluding hydrogens is 198 g/mol. The Morgan fingerprint density at radius 1 is 1.44 bits per heavy atom. The number of guanidine groups is 1. The number of likely N-dealkylation sites (tertiary alicyclic amines) is 1. The first-order chi connectivity index (χ1) is 7.67. The van der Waals surface area contributed by atoms with E-state index >= 15 is 0 Å². The third-order valence-corrected chi connectivity index (χ3v) is 3.05. The van der Waals surface area contributed by atoms with Crippen LogP contribution in [-0.4, -0.2) is 30.7 Å². The predicted octanol–water partition coefficient (Wildman–Crippen LogP) is 2.94. The Bertz CT molecular complexity index is 260. The molecule has 1 aliphatic heterocycles. The van der Waals surface area contributed by atoms with Gasteiger partial charge in [-0.1, -0.05) is 20.4 Å². The minimum atomic E-state index is 0.720. The van der Waals surface area contributed by atoms with Gasteiger partial charge in [0.2, 0.25) is 5.96 Å². The second-order valence-corrected chi connectivity index (χ2v) is 4.83. The van der Waals surface area contributed by atoms with Crippen molar-refractivity contribution in [2.45, 2.75) is 33.1 Å². The molecule has 1 saturated heterocycles. The van der Waals surface area contributed by atoms with Gasteiger partial charge in [0.25, 0.3) is 0 Å². The normalized spacial score (nSPS) is 18.9. The van der Waals surface area contributed by atoms with E-state index in [2.05, 4.69) is 42.0 Å². The van der Waals surface area contributed by atoms with Crippen LogP contribution in [0.2, 0.25) is 0 Å². The quantitative estimate of drug-likeness (QED) is 0.532. The lowest BCUT2D eigenvalue weighted by Crippen LogP contribution is -2.37. The first-order valence-corrected chi connectivity index (χ1v) is 6.07. The van der Waals surface area contributed by atoms with Crippen LogP contribution in [0.3, 0.4) is 0 Å². The van der Waals surface area contributed by atoms with E-state index in [0.29, 0.717) is 0 Å². The van der Waals surface area contributed by atoms with Crippen molar-refractivity contribution in [2.75, 3.05) is 13.1 Å². The van der Waals surface area contributed by atoms with Crippen molar-refractivity contribution in [3.63, 3.8) is 0 Å². The molecule has 0 spiro atoms. The van der Waals surface area contributed by atoms with Gasteiger partial charge in [0.15, 0.2) is 0 Å². The predicted molar refractivity (Wildman–Crippen MR) is 70.9 cm³/mol. The van der Waals surface area contributed by atoms with Crippen LogP contribution in [0.1, 0.15) is 33.1 Å². The molecule has 0 radical (unpaired) electrons. The lowest BCUT2D eigenvalue weighted by atomic mass is 9.89. The minimum Gasteiger partial charge on any atom is -0.341 e. The Balaban J connectivity index is 2.44. The zero-order chi connectivity index (χ0) is 12.0. The molecule has 1 fully saturated rings. The van der Waals surface area contributed by atoms with Crippen molar-refractivity contribution in [3.05, 3.63) is 12.8 Å². The fourth-order valence-corrected chi connectivity index (χ4v) is 2.34. The van der Waals surface area contributed by atoms with Crippen molar-refractivity contribution >= 4 is 12.7 Å². The molecule has 90 valence electrons. The van der Waals surface area contributed by atoms with Crippen molar-refractivity contribution in [2.24, 2.45) is 21.8 Å². The molecule has 0 aromatic heterocycles. The van der Waals surface area contributed by atoms with Crippen LogP contribution in [0.25, 0.3) is 0 Å². The summed E-state index contributed by atoms with van der Waals surface area (Å²) >= 11 is 0. The largest absolute Gasteiger partial charge is 0.341 e. The highest BCUT2D eigenvalue weighted by Crippen LogP contribution is 2.24. The molecule has 0 amide bonds. The van der Waals surface area contributed by atoms with E-state index < -0.39 is 0 Å². The summed E-state index contributed by atoms with van der Waals surface area (Å²) in [5.41, 5.74) is 0. The van der Waals surface area contributed by atoms with E-state index in [1.165, 1.54) is 25.5 Å². The summed E-state index contributed by atoms with van der Waals surface area (Å²) in [5.74, 6) is 2.39. The Labute approximate surface area is 99.0 Å². The number of hydrogen-bond acceptors (Lipinski definition) is 1. The highest BCUT2D eigenvalue weighted by Gasteiger charge is 2.21. The standard InChI is InChI=1S/C13H23N3/c1-5-15-13(14-4)16-8-6-12(7-9-16)10-11(2)3/h5,11-12H,1,4,6-10H2,2-3H3. The maximum absolute atomic E-state index is 4.13. The van der Waals surface area contributed by atoms with Gasteiger partial charge < -0.3 is 4.90 Å². The molecule has 0 atom stereocenters. The Morgan fingerprint density at radius 3 is 2.50 bits per heavy atom. The van der Waals surface area contributed by atoms with E-state index in [4.69, 9.17) is 0 Å². The lowest BCUT2D eigenvalue weighted by Gasteiger charge is -2.33. The minimum absolute atomic E-state index is 0.720. The van der Waals surface area contributed by atoms with Gasteiger partial charge in [-0.2, -0.15) is 0 Å². The van der Waals surface area contributed by atoms with Gasteiger partial charge in [-0.3, -0.25) is 0 Å². The van der Waals surface area contributed by atoms with Gasteiger partial charge in [0.1, 0.15) is 0 Å². The zero-order valence-corrected chi connectivity index (χ0v) is 10.5. The van der Waals surface area contributed by atoms with Gasteiger partial charge in [-0.15, -0.1) is 0 Å². The lowest BCUT2D eigenvalue weighted by molar-refractivity contribution is 0.238. The van der Waals surface area contributed by atoms with Crippen molar-refractivity contribution in [1.82, 2.24) is 4.90 Å². The van der Waals surface area contributed by atoms with Crippen LogP contribution in [-0.2, 0) is 0 Å². The van der Waals surface area contributed by atoms with E-state index in [1.807, 2.05) is 0 Å². The maximum atomic E-state index is 4.13. The third kappa shape index (κ3) is 3.80. The smallest absolute Gasteiger partial charge is 0.224 e. The van der Waals surface area contributed by atoms with E-state index in [9.17, 15) is 0 Å². The number of nitrogens with zero attached hydrogens (tertiary/aromatic N) is 3. The third-order valence-electron chi connectivity index (χ3n) is 3.05. The summed E-state index contributed by atoms with van der Waals surface area (Å²) in [7, 11) is 0. The number of hydrogen-bond donors (Lipinski definition) is 0. The average Bonchev–Trinajstić information content (AvgIpc) is 2.26. The molecule has 16 heavy (non-hydrogen) atoms. The summed E-state index contributed by atoms with van der Waals surface area (Å²) in [6.07, 6.45) is 5.35. The van der Waals surface area contributed by atoms with Crippen LogP contribution in [0, 0.1) is 11.8 Å². The first-order valence-electron chi connectivity index (χ1n) is 6.07. The summed E-state index contributed by atoms with van der Waals surface area (Å²) < 4.78 is 0. The molecule has 0 N–H and O–H groups in total. The highest BCUT2D eigenvalue weighted by atomic mass is 15.3. The molecule has 1 heterocycles. The molecule has 3 nitrogen and oxygen atoms in total. The van der Waals surface area contributed by atoms with Crippen LogP contribution >= 0.6 is 0 Å². The Kier molecular flexibility index (Phi) is 5.23.